The predicted octanol–water partition coefficient (Wildman–Crippen LogP) is 3.40. The van der Waals surface area contributed by atoms with E-state index >= 15 is 0 Å². The topological polar surface area (TPSA) is 52.3 Å². The van der Waals surface area contributed by atoms with E-state index in [1.807, 2.05) is 24.3 Å². The molecule has 0 amide bonds. The molecule has 1 aliphatic rings. The molecule has 0 aliphatic heterocycles. The molecule has 1 aromatic heterocycles. The van der Waals surface area contributed by atoms with Gasteiger partial charge in [-0.2, -0.15) is 0 Å². The van der Waals surface area contributed by atoms with Crippen LogP contribution >= 0.6 is 0 Å². The Kier molecular flexibility index (Phi) is 5.06. The Balaban J connectivity index is 1.90. The summed E-state index contributed by atoms with van der Waals surface area (Å²) < 4.78 is 25.4. The van der Waals surface area contributed by atoms with Crippen LogP contribution in [0.3, 0.4) is 0 Å². The number of halogens is 1. The first kappa shape index (κ1) is 18.2. The van der Waals surface area contributed by atoms with E-state index in [1.54, 1.807) is 12.1 Å². The van der Waals surface area contributed by atoms with Gasteiger partial charge in [0.05, 0.1) is 13.5 Å². The van der Waals surface area contributed by atoms with Gasteiger partial charge >= 0.3 is 5.97 Å². The molecule has 1 heterocycles. The molecule has 2 aromatic carbocycles. The number of hydrogen-bond donors (Lipinski definition) is 0. The maximum atomic E-state index is 14.9. The minimum absolute atomic E-state index is 0.0726. The van der Waals surface area contributed by atoms with Crippen LogP contribution in [0.15, 0.2) is 53.0 Å². The molecule has 0 unspecified atom stereocenters. The fraction of sp³-hybridized carbons (Fsp3) is 0.217. The van der Waals surface area contributed by atoms with Crippen LogP contribution in [0.5, 0.6) is 0 Å². The molecule has 0 saturated heterocycles. The molecule has 4 nitrogen and oxygen atoms in total. The number of allylic oxidation sites excluding steroid dienone is 2. The number of carbonyl (C=O) groups is 1. The maximum absolute atomic E-state index is 14.9. The number of benzene rings is 2. The normalized spacial score (nSPS) is 18.3. The molecule has 142 valence electrons. The molecular formula is C23H20FNO3. The summed E-state index contributed by atoms with van der Waals surface area (Å²) in [6, 6.07) is 11.3. The van der Waals surface area contributed by atoms with Gasteiger partial charge in [-0.05, 0) is 35.8 Å². The third-order valence-electron chi connectivity index (χ3n) is 4.89. The Morgan fingerprint density at radius 3 is 2.96 bits per heavy atom. The van der Waals surface area contributed by atoms with E-state index in [9.17, 15) is 9.18 Å². The van der Waals surface area contributed by atoms with Crippen molar-refractivity contribution in [2.75, 3.05) is 7.11 Å². The third-order valence-corrected chi connectivity index (χ3v) is 4.89. The number of ether oxygens (including phenoxy) is 1. The molecule has 5 heteroatoms. The SMILES string of the molecule is COC(=O)Cc1ccc2nc(\C3=c4/cccc/c4=C/C=C\CCC3)oc2c1F. The van der Waals surface area contributed by atoms with E-state index in [0.29, 0.717) is 11.4 Å². The lowest BCUT2D eigenvalue weighted by Gasteiger charge is -2.03. The van der Waals surface area contributed by atoms with Crippen molar-refractivity contribution in [2.24, 2.45) is 0 Å². The first-order valence-corrected chi connectivity index (χ1v) is 9.27. The van der Waals surface area contributed by atoms with Gasteiger partial charge in [-0.1, -0.05) is 48.6 Å². The van der Waals surface area contributed by atoms with Gasteiger partial charge in [0.25, 0.3) is 0 Å². The van der Waals surface area contributed by atoms with Crippen LogP contribution in [-0.2, 0) is 16.0 Å². The second kappa shape index (κ2) is 7.80. The lowest BCUT2D eigenvalue weighted by Crippen LogP contribution is -2.26. The highest BCUT2D eigenvalue weighted by atomic mass is 19.1. The van der Waals surface area contributed by atoms with E-state index in [4.69, 9.17) is 4.42 Å². The number of fused-ring (bicyclic) bond motifs is 2. The minimum atomic E-state index is -0.563. The molecule has 0 radical (unpaired) electrons. The number of rotatable bonds is 3. The predicted molar refractivity (Wildman–Crippen MR) is 105 cm³/mol. The van der Waals surface area contributed by atoms with Crippen molar-refractivity contribution in [3.8, 4) is 0 Å². The first-order chi connectivity index (χ1) is 13.7. The van der Waals surface area contributed by atoms with E-state index in [2.05, 4.69) is 27.9 Å². The summed E-state index contributed by atoms with van der Waals surface area (Å²) in [5.74, 6) is -0.640. The highest BCUT2D eigenvalue weighted by molar-refractivity contribution is 5.80. The van der Waals surface area contributed by atoms with E-state index in [0.717, 1.165) is 35.3 Å². The van der Waals surface area contributed by atoms with Crippen LogP contribution in [0, 0.1) is 5.82 Å². The van der Waals surface area contributed by atoms with E-state index in [-0.39, 0.29) is 17.6 Å². The number of nitrogens with zero attached hydrogens (tertiary/aromatic N) is 1. The highest BCUT2D eigenvalue weighted by Gasteiger charge is 2.18. The van der Waals surface area contributed by atoms with Gasteiger partial charge < -0.3 is 9.15 Å². The van der Waals surface area contributed by atoms with Crippen molar-refractivity contribution in [3.05, 3.63) is 76.3 Å². The molecule has 0 saturated carbocycles. The summed E-state index contributed by atoms with van der Waals surface area (Å²) in [5.41, 5.74) is 1.71. The van der Waals surface area contributed by atoms with Gasteiger partial charge in [0.1, 0.15) is 5.52 Å². The van der Waals surface area contributed by atoms with Crippen molar-refractivity contribution in [1.82, 2.24) is 4.98 Å². The van der Waals surface area contributed by atoms with Gasteiger partial charge in [0.15, 0.2) is 11.4 Å². The van der Waals surface area contributed by atoms with Gasteiger partial charge in [-0.15, -0.1) is 0 Å². The quantitative estimate of drug-likeness (QED) is 0.657. The number of esters is 1. The van der Waals surface area contributed by atoms with Crippen LogP contribution < -0.4 is 10.4 Å². The number of aromatic nitrogens is 1. The number of carbonyl (C=O) groups excluding carboxylic acids is 1. The summed E-state index contributed by atoms with van der Waals surface area (Å²) in [4.78, 5) is 16.1. The number of methoxy groups -OCH3 is 1. The van der Waals surface area contributed by atoms with Crippen molar-refractivity contribution in [1.29, 1.82) is 0 Å². The Morgan fingerprint density at radius 2 is 2.11 bits per heavy atom. The fourth-order valence-electron chi connectivity index (χ4n) is 3.43. The smallest absolute Gasteiger partial charge is 0.310 e. The molecule has 3 aromatic rings. The molecule has 0 fully saturated rings. The average Bonchev–Trinajstić information content (AvgIpc) is 3.17. The molecule has 0 atom stereocenters. The van der Waals surface area contributed by atoms with E-state index < -0.39 is 11.8 Å². The van der Waals surface area contributed by atoms with Crippen molar-refractivity contribution in [3.63, 3.8) is 0 Å². The highest BCUT2D eigenvalue weighted by Crippen LogP contribution is 2.27. The molecule has 28 heavy (non-hydrogen) atoms. The Bertz CT molecular complexity index is 1190. The summed E-state index contributed by atoms with van der Waals surface area (Å²) in [6.07, 6.45) is 8.80. The van der Waals surface area contributed by atoms with Gasteiger partial charge in [0.2, 0.25) is 5.89 Å². The average molecular weight is 377 g/mol. The third kappa shape index (κ3) is 3.48. The zero-order valence-electron chi connectivity index (χ0n) is 15.6. The minimum Gasteiger partial charge on any atom is -0.469 e. The first-order valence-electron chi connectivity index (χ1n) is 9.27. The van der Waals surface area contributed by atoms with Crippen molar-refractivity contribution in [2.45, 2.75) is 25.7 Å². The molecule has 0 bridgehead atoms. The molecule has 0 N–H and O–H groups in total. The van der Waals surface area contributed by atoms with Gasteiger partial charge in [0, 0.05) is 11.1 Å². The second-order valence-electron chi connectivity index (χ2n) is 6.71. The Hall–Kier alpha value is -3.21. The standard InChI is InChI=1S/C23H20FNO3/c1-27-20(26)14-16-12-13-19-22(21(16)24)28-23(25-19)18-11-5-3-2-4-8-15-9-6-7-10-17(15)18/h2,4,6-10,12-13H,3,5,11,14H2,1H3/b4-2-,15-8-,18-17+. The number of hydrogen-bond acceptors (Lipinski definition) is 4. The zero-order valence-corrected chi connectivity index (χ0v) is 15.6. The fourth-order valence-corrected chi connectivity index (χ4v) is 3.43. The Labute approximate surface area is 161 Å². The largest absolute Gasteiger partial charge is 0.469 e. The lowest BCUT2D eigenvalue weighted by molar-refractivity contribution is -0.139. The summed E-state index contributed by atoms with van der Waals surface area (Å²) in [7, 11) is 1.28. The molecule has 1 aliphatic carbocycles. The Morgan fingerprint density at radius 1 is 1.25 bits per heavy atom. The number of oxazole rings is 1. The second-order valence-corrected chi connectivity index (χ2v) is 6.71. The van der Waals surface area contributed by atoms with Crippen LogP contribution in [0.4, 0.5) is 4.39 Å². The summed E-state index contributed by atoms with van der Waals surface area (Å²) in [6.45, 7) is 0. The summed E-state index contributed by atoms with van der Waals surface area (Å²) in [5, 5.41) is 2.11. The van der Waals surface area contributed by atoms with Crippen LogP contribution in [0.25, 0.3) is 22.7 Å². The van der Waals surface area contributed by atoms with Crippen molar-refractivity contribution >= 4 is 28.7 Å². The zero-order chi connectivity index (χ0) is 19.5. The van der Waals surface area contributed by atoms with Crippen LogP contribution in [0.1, 0.15) is 30.7 Å². The lowest BCUT2D eigenvalue weighted by atomic mass is 10.0. The van der Waals surface area contributed by atoms with E-state index in [1.165, 1.54) is 7.11 Å². The van der Waals surface area contributed by atoms with Crippen LogP contribution in [-0.4, -0.2) is 18.1 Å². The van der Waals surface area contributed by atoms with Crippen LogP contribution in [0.2, 0.25) is 0 Å². The van der Waals surface area contributed by atoms with Gasteiger partial charge in [-0.25, -0.2) is 9.37 Å². The van der Waals surface area contributed by atoms with Crippen molar-refractivity contribution < 1.29 is 18.3 Å². The van der Waals surface area contributed by atoms with Gasteiger partial charge in [-0.3, -0.25) is 4.79 Å². The molecule has 0 spiro atoms. The molecule has 4 rings (SSSR count). The monoisotopic (exact) mass is 377 g/mol. The summed E-state index contributed by atoms with van der Waals surface area (Å²) >= 11 is 0. The molecular weight excluding hydrogens is 357 g/mol. The maximum Gasteiger partial charge on any atom is 0.310 e.